The van der Waals surface area contributed by atoms with Crippen LogP contribution in [0.4, 0.5) is 0 Å². The van der Waals surface area contributed by atoms with Gasteiger partial charge in [-0.1, -0.05) is 36.4 Å². The first-order chi connectivity index (χ1) is 13.4. The lowest BCUT2D eigenvalue weighted by atomic mass is 10.2. The van der Waals surface area contributed by atoms with Crippen LogP contribution in [0.5, 0.6) is 0 Å². The van der Waals surface area contributed by atoms with Crippen molar-refractivity contribution in [2.24, 2.45) is 0 Å². The van der Waals surface area contributed by atoms with Crippen LogP contribution in [0.2, 0.25) is 0 Å². The Morgan fingerprint density at radius 2 is 1.71 bits per heavy atom. The summed E-state index contributed by atoms with van der Waals surface area (Å²) in [7, 11) is -0.788. The van der Waals surface area contributed by atoms with Gasteiger partial charge in [0.25, 0.3) is 5.91 Å². The molecule has 0 radical (unpaired) electrons. The molecule has 0 N–H and O–H groups in total. The Labute approximate surface area is 166 Å². The van der Waals surface area contributed by atoms with Crippen molar-refractivity contribution in [3.63, 3.8) is 0 Å². The van der Waals surface area contributed by atoms with Crippen molar-refractivity contribution >= 4 is 15.9 Å². The Morgan fingerprint density at radius 3 is 2.36 bits per heavy atom. The van der Waals surface area contributed by atoms with Crippen LogP contribution in [0.1, 0.15) is 15.9 Å². The molecule has 150 valence electrons. The lowest BCUT2D eigenvalue weighted by Crippen LogP contribution is -2.48. The Kier molecular flexibility index (Phi) is 6.46. The first-order valence-electron chi connectivity index (χ1n) is 9.10. The normalized spacial score (nSPS) is 16.1. The molecule has 1 aliphatic heterocycles. The summed E-state index contributed by atoms with van der Waals surface area (Å²) >= 11 is 0. The minimum Gasteiger partial charge on any atom is -0.296 e. The summed E-state index contributed by atoms with van der Waals surface area (Å²) in [6.07, 6.45) is 0. The van der Waals surface area contributed by atoms with Crippen LogP contribution in [-0.4, -0.2) is 68.9 Å². The van der Waals surface area contributed by atoms with Gasteiger partial charge < -0.3 is 0 Å². The fourth-order valence-corrected chi connectivity index (χ4v) is 4.64. The molecule has 1 heterocycles. The summed E-state index contributed by atoms with van der Waals surface area (Å²) in [6, 6.07) is 16.2. The molecule has 0 aromatic heterocycles. The maximum atomic E-state index is 13.0. The molecular formula is C20H25N3O4S. The van der Waals surface area contributed by atoms with Gasteiger partial charge in [-0.05, 0) is 23.8 Å². The quantitative estimate of drug-likeness (QED) is 0.688. The van der Waals surface area contributed by atoms with Gasteiger partial charge in [-0.25, -0.2) is 13.5 Å². The van der Waals surface area contributed by atoms with Crippen LogP contribution in [0.25, 0.3) is 0 Å². The van der Waals surface area contributed by atoms with E-state index in [2.05, 4.69) is 17.0 Å². The number of nitrogens with zero attached hydrogens (tertiary/aromatic N) is 3. The maximum Gasteiger partial charge on any atom is 0.277 e. The molecule has 1 saturated heterocycles. The van der Waals surface area contributed by atoms with Crippen LogP contribution in [0, 0.1) is 0 Å². The molecule has 0 aliphatic carbocycles. The largest absolute Gasteiger partial charge is 0.296 e. The van der Waals surface area contributed by atoms with E-state index in [-0.39, 0.29) is 10.5 Å². The van der Waals surface area contributed by atoms with Gasteiger partial charge >= 0.3 is 0 Å². The van der Waals surface area contributed by atoms with E-state index in [1.54, 1.807) is 12.1 Å². The molecule has 1 fully saturated rings. The van der Waals surface area contributed by atoms with Gasteiger partial charge in [0.1, 0.15) is 0 Å². The fourth-order valence-electron chi connectivity index (χ4n) is 3.17. The summed E-state index contributed by atoms with van der Waals surface area (Å²) in [5, 5.41) is 1.06. The second-order valence-electron chi connectivity index (χ2n) is 6.68. The number of amides is 1. The van der Waals surface area contributed by atoms with Crippen molar-refractivity contribution < 1.29 is 18.0 Å². The summed E-state index contributed by atoms with van der Waals surface area (Å²) < 4.78 is 27.5. The lowest BCUT2D eigenvalue weighted by molar-refractivity contribution is -0.0757. The van der Waals surface area contributed by atoms with E-state index in [1.807, 2.05) is 18.2 Å². The van der Waals surface area contributed by atoms with Gasteiger partial charge in [-0.15, -0.1) is 0 Å². The predicted molar refractivity (Wildman–Crippen MR) is 106 cm³/mol. The number of hydrogen-bond donors (Lipinski definition) is 0. The Hall–Kier alpha value is -2.26. The highest BCUT2D eigenvalue weighted by atomic mass is 32.2. The number of carbonyl (C=O) groups excluding carboxylic acids is 1. The van der Waals surface area contributed by atoms with E-state index in [0.717, 1.165) is 11.6 Å². The average Bonchev–Trinajstić information content (AvgIpc) is 2.74. The molecule has 7 nitrogen and oxygen atoms in total. The second-order valence-corrected chi connectivity index (χ2v) is 8.62. The molecule has 0 spiro atoms. The molecule has 28 heavy (non-hydrogen) atoms. The molecule has 0 unspecified atom stereocenters. The van der Waals surface area contributed by atoms with Crippen LogP contribution in [0.15, 0.2) is 59.5 Å². The van der Waals surface area contributed by atoms with E-state index in [4.69, 9.17) is 4.84 Å². The smallest absolute Gasteiger partial charge is 0.277 e. The zero-order valence-corrected chi connectivity index (χ0v) is 16.9. The minimum absolute atomic E-state index is 0.124. The number of piperazine rings is 1. The highest BCUT2D eigenvalue weighted by Crippen LogP contribution is 2.20. The first kappa shape index (κ1) is 20.5. The maximum absolute atomic E-state index is 13.0. The topological polar surface area (TPSA) is 70.2 Å². The zero-order chi connectivity index (χ0) is 20.1. The number of sulfonamides is 1. The predicted octanol–water partition coefficient (Wildman–Crippen LogP) is 1.83. The number of benzene rings is 2. The van der Waals surface area contributed by atoms with Crippen molar-refractivity contribution in [3.05, 3.63) is 65.7 Å². The van der Waals surface area contributed by atoms with Crippen molar-refractivity contribution in [3.8, 4) is 0 Å². The fraction of sp³-hybridized carbons (Fsp3) is 0.350. The molecule has 0 atom stereocenters. The van der Waals surface area contributed by atoms with Gasteiger partial charge in [-0.2, -0.15) is 4.31 Å². The second kappa shape index (κ2) is 8.83. The van der Waals surface area contributed by atoms with Gasteiger partial charge in [0.2, 0.25) is 10.0 Å². The summed E-state index contributed by atoms with van der Waals surface area (Å²) in [4.78, 5) is 19.5. The molecule has 8 heteroatoms. The highest BCUT2D eigenvalue weighted by molar-refractivity contribution is 7.89. The van der Waals surface area contributed by atoms with Gasteiger partial charge in [0, 0.05) is 45.3 Å². The molecule has 2 aromatic rings. The third-order valence-corrected chi connectivity index (χ3v) is 6.75. The Bertz CT molecular complexity index is 910. The third kappa shape index (κ3) is 4.59. The van der Waals surface area contributed by atoms with Gasteiger partial charge in [-0.3, -0.25) is 14.5 Å². The van der Waals surface area contributed by atoms with Crippen molar-refractivity contribution in [1.82, 2.24) is 14.3 Å². The molecular weight excluding hydrogens is 378 g/mol. The van der Waals surface area contributed by atoms with Crippen LogP contribution in [0.3, 0.4) is 0 Å². The van der Waals surface area contributed by atoms with Crippen LogP contribution in [-0.2, 0) is 21.4 Å². The molecule has 2 aromatic carbocycles. The number of carbonyl (C=O) groups is 1. The van der Waals surface area contributed by atoms with E-state index in [0.29, 0.717) is 26.2 Å². The minimum atomic E-state index is -3.65. The third-order valence-electron chi connectivity index (χ3n) is 4.86. The summed E-state index contributed by atoms with van der Waals surface area (Å²) in [5.74, 6) is -0.396. The number of hydrogen-bond acceptors (Lipinski definition) is 5. The lowest BCUT2D eigenvalue weighted by Gasteiger charge is -2.34. The highest BCUT2D eigenvalue weighted by Gasteiger charge is 2.29. The zero-order valence-electron chi connectivity index (χ0n) is 16.1. The average molecular weight is 404 g/mol. The van der Waals surface area contributed by atoms with Crippen LogP contribution >= 0.6 is 0 Å². The Balaban J connectivity index is 1.68. The van der Waals surface area contributed by atoms with E-state index in [1.165, 1.54) is 36.2 Å². The Morgan fingerprint density at radius 1 is 1.04 bits per heavy atom. The number of rotatable bonds is 6. The standard InChI is InChI=1S/C20H25N3O4S/c1-21(27-2)20(24)18-9-6-10-19(15-18)28(25,26)23-13-11-22(12-14-23)16-17-7-4-3-5-8-17/h3-10,15H,11-14,16H2,1-2H3. The van der Waals surface area contributed by atoms with E-state index >= 15 is 0 Å². The molecule has 1 aliphatic rings. The molecule has 0 saturated carbocycles. The van der Waals surface area contributed by atoms with E-state index in [9.17, 15) is 13.2 Å². The monoisotopic (exact) mass is 403 g/mol. The SMILES string of the molecule is CON(C)C(=O)c1cccc(S(=O)(=O)N2CCN(Cc3ccccc3)CC2)c1. The van der Waals surface area contributed by atoms with E-state index < -0.39 is 15.9 Å². The molecule has 1 amide bonds. The summed E-state index contributed by atoms with van der Waals surface area (Å²) in [5.41, 5.74) is 1.49. The van der Waals surface area contributed by atoms with Crippen LogP contribution < -0.4 is 0 Å². The molecule has 3 rings (SSSR count). The first-order valence-corrected chi connectivity index (χ1v) is 10.5. The van der Waals surface area contributed by atoms with Crippen molar-refractivity contribution in [2.45, 2.75) is 11.4 Å². The van der Waals surface area contributed by atoms with Crippen molar-refractivity contribution in [1.29, 1.82) is 0 Å². The summed E-state index contributed by atoms with van der Waals surface area (Å²) in [6.45, 7) is 2.98. The number of hydroxylamine groups is 2. The molecule has 0 bridgehead atoms. The van der Waals surface area contributed by atoms with Crippen molar-refractivity contribution in [2.75, 3.05) is 40.3 Å². The van der Waals surface area contributed by atoms with Gasteiger partial charge in [0.05, 0.1) is 12.0 Å². The van der Waals surface area contributed by atoms with Gasteiger partial charge in [0.15, 0.2) is 0 Å².